The molecule has 0 radical (unpaired) electrons. The van der Waals surface area contributed by atoms with E-state index in [-0.39, 0.29) is 11.6 Å². The molecule has 0 spiro atoms. The molecule has 1 unspecified atom stereocenters. The van der Waals surface area contributed by atoms with Crippen molar-refractivity contribution >= 4 is 28.7 Å². The van der Waals surface area contributed by atoms with Gasteiger partial charge in [0.25, 0.3) is 5.56 Å². The number of rotatable bonds is 2. The van der Waals surface area contributed by atoms with Crippen molar-refractivity contribution < 1.29 is 14.6 Å². The molecule has 1 fully saturated rings. The average Bonchev–Trinajstić information content (AvgIpc) is 2.99. The monoisotopic (exact) mass is 374 g/mol. The van der Waals surface area contributed by atoms with Gasteiger partial charge in [-0.15, -0.1) is 0 Å². The third kappa shape index (κ3) is 2.73. The third-order valence-electron chi connectivity index (χ3n) is 4.47. The van der Waals surface area contributed by atoms with Gasteiger partial charge in [0.1, 0.15) is 5.15 Å². The van der Waals surface area contributed by atoms with Crippen LogP contribution in [0, 0.1) is 0 Å². The summed E-state index contributed by atoms with van der Waals surface area (Å²) in [6.07, 6.45) is 0.362. The lowest BCUT2D eigenvalue weighted by molar-refractivity contribution is -0.000893. The van der Waals surface area contributed by atoms with E-state index in [1.807, 2.05) is 24.3 Å². The molecule has 134 valence electrons. The van der Waals surface area contributed by atoms with Crippen LogP contribution in [-0.2, 0) is 4.74 Å². The predicted octanol–water partition coefficient (Wildman–Crippen LogP) is 2.42. The zero-order chi connectivity index (χ0) is 18.3. The fourth-order valence-electron chi connectivity index (χ4n) is 3.19. The summed E-state index contributed by atoms with van der Waals surface area (Å²) >= 11 is 6.29. The van der Waals surface area contributed by atoms with Crippen LogP contribution in [0.2, 0.25) is 5.15 Å². The van der Waals surface area contributed by atoms with Crippen molar-refractivity contribution in [1.29, 1.82) is 0 Å². The maximum Gasteiger partial charge on any atom is 0.407 e. The van der Waals surface area contributed by atoms with Crippen LogP contribution in [0.4, 0.5) is 4.79 Å². The Morgan fingerprint density at radius 1 is 1.35 bits per heavy atom. The minimum atomic E-state index is -0.967. The zero-order valence-electron chi connectivity index (χ0n) is 13.6. The molecule has 8 nitrogen and oxygen atoms in total. The average molecular weight is 375 g/mol. The van der Waals surface area contributed by atoms with Crippen molar-refractivity contribution in [3.8, 4) is 5.69 Å². The molecule has 0 bridgehead atoms. The van der Waals surface area contributed by atoms with Gasteiger partial charge in [0.15, 0.2) is 5.65 Å². The molecule has 26 heavy (non-hydrogen) atoms. The van der Waals surface area contributed by atoms with E-state index in [0.29, 0.717) is 35.9 Å². The van der Waals surface area contributed by atoms with E-state index in [0.717, 1.165) is 11.3 Å². The number of halogens is 1. The van der Waals surface area contributed by atoms with Crippen LogP contribution in [0.25, 0.3) is 16.7 Å². The molecule has 1 atom stereocenters. The van der Waals surface area contributed by atoms with Crippen LogP contribution in [0.15, 0.2) is 41.5 Å². The molecule has 9 heteroatoms. The minimum Gasteiger partial charge on any atom is -0.465 e. The number of benzene rings is 1. The number of carbonyl (C=O) groups is 1. The Morgan fingerprint density at radius 3 is 2.85 bits per heavy atom. The lowest BCUT2D eigenvalue weighted by atomic mass is 10.0. The van der Waals surface area contributed by atoms with Crippen LogP contribution in [0.1, 0.15) is 11.6 Å². The van der Waals surface area contributed by atoms with Gasteiger partial charge in [-0.25, -0.2) is 9.78 Å². The highest BCUT2D eigenvalue weighted by molar-refractivity contribution is 6.31. The summed E-state index contributed by atoms with van der Waals surface area (Å²) in [5.74, 6) is 0. The second-order valence-corrected chi connectivity index (χ2v) is 6.32. The first-order valence-corrected chi connectivity index (χ1v) is 8.36. The number of hydrogen-bond donors (Lipinski definition) is 2. The number of morpholine rings is 1. The SMILES string of the molecule is O=C(O)N1CCOCC1c1ccc(-n2c(Cl)cc3c(=O)[nH]cnc32)cc1. The van der Waals surface area contributed by atoms with E-state index in [9.17, 15) is 14.7 Å². The highest BCUT2D eigenvalue weighted by Gasteiger charge is 2.28. The molecular weight excluding hydrogens is 360 g/mol. The van der Waals surface area contributed by atoms with Crippen LogP contribution >= 0.6 is 11.6 Å². The fraction of sp³-hybridized carbons (Fsp3) is 0.235. The maximum absolute atomic E-state index is 11.9. The fourth-order valence-corrected chi connectivity index (χ4v) is 3.48. The zero-order valence-corrected chi connectivity index (χ0v) is 14.3. The standard InChI is InChI=1S/C17H15ClN4O4/c18-14-7-12-15(19-9-20-16(12)23)22(14)11-3-1-10(2-4-11)13-8-26-6-5-21(13)17(24)25/h1-4,7,9,13H,5-6,8H2,(H,24,25)(H,19,20,23). The number of fused-ring (bicyclic) bond motifs is 1. The summed E-state index contributed by atoms with van der Waals surface area (Å²) in [4.78, 5) is 31.4. The van der Waals surface area contributed by atoms with Crippen molar-refractivity contribution in [3.05, 3.63) is 57.7 Å². The van der Waals surface area contributed by atoms with Gasteiger partial charge < -0.3 is 14.8 Å². The van der Waals surface area contributed by atoms with Gasteiger partial charge in [0, 0.05) is 12.2 Å². The molecule has 1 aliphatic heterocycles. The second-order valence-electron chi connectivity index (χ2n) is 5.93. The molecule has 1 aromatic carbocycles. The minimum absolute atomic E-state index is 0.260. The molecule has 1 aliphatic rings. The Labute approximate surface area is 152 Å². The van der Waals surface area contributed by atoms with E-state index in [4.69, 9.17) is 16.3 Å². The van der Waals surface area contributed by atoms with E-state index in [1.54, 1.807) is 10.6 Å². The largest absolute Gasteiger partial charge is 0.465 e. The Morgan fingerprint density at radius 2 is 2.12 bits per heavy atom. The first-order chi connectivity index (χ1) is 12.6. The van der Waals surface area contributed by atoms with Crippen molar-refractivity contribution in [2.24, 2.45) is 0 Å². The summed E-state index contributed by atoms with van der Waals surface area (Å²) in [5, 5.41) is 10.1. The number of hydrogen-bond acceptors (Lipinski definition) is 4. The number of aromatic nitrogens is 3. The van der Waals surface area contributed by atoms with Crippen LogP contribution < -0.4 is 5.56 Å². The molecule has 2 N–H and O–H groups in total. The molecule has 0 aliphatic carbocycles. The highest BCUT2D eigenvalue weighted by atomic mass is 35.5. The van der Waals surface area contributed by atoms with Gasteiger partial charge in [-0.3, -0.25) is 14.3 Å². The van der Waals surface area contributed by atoms with Gasteiger partial charge in [0.2, 0.25) is 0 Å². The summed E-state index contributed by atoms with van der Waals surface area (Å²) in [6, 6.07) is 8.52. The molecule has 1 amide bonds. The predicted molar refractivity (Wildman–Crippen MR) is 95.0 cm³/mol. The number of aromatic amines is 1. The van der Waals surface area contributed by atoms with E-state index in [2.05, 4.69) is 9.97 Å². The highest BCUT2D eigenvalue weighted by Crippen LogP contribution is 2.28. The summed E-state index contributed by atoms with van der Waals surface area (Å²) in [5.41, 5.74) is 1.75. The van der Waals surface area contributed by atoms with Crippen LogP contribution in [0.5, 0.6) is 0 Å². The van der Waals surface area contributed by atoms with Gasteiger partial charge >= 0.3 is 6.09 Å². The van der Waals surface area contributed by atoms with Gasteiger partial charge in [-0.05, 0) is 23.8 Å². The lowest BCUT2D eigenvalue weighted by Gasteiger charge is -2.33. The Kier molecular flexibility index (Phi) is 4.14. The van der Waals surface area contributed by atoms with E-state index >= 15 is 0 Å². The number of carboxylic acid groups (broad SMARTS) is 1. The molecule has 2 aromatic heterocycles. The van der Waals surface area contributed by atoms with Crippen LogP contribution in [0.3, 0.4) is 0 Å². The normalized spacial score (nSPS) is 17.6. The number of amides is 1. The Hall–Kier alpha value is -2.84. The summed E-state index contributed by atoms with van der Waals surface area (Å²) < 4.78 is 7.10. The van der Waals surface area contributed by atoms with Gasteiger partial charge in [-0.1, -0.05) is 23.7 Å². The number of nitrogens with zero attached hydrogens (tertiary/aromatic N) is 3. The first-order valence-electron chi connectivity index (χ1n) is 7.98. The second kappa shape index (κ2) is 6.47. The van der Waals surface area contributed by atoms with Crippen molar-refractivity contribution in [2.45, 2.75) is 6.04 Å². The molecule has 3 aromatic rings. The quantitative estimate of drug-likeness (QED) is 0.717. The van der Waals surface area contributed by atoms with E-state index in [1.165, 1.54) is 11.2 Å². The smallest absolute Gasteiger partial charge is 0.407 e. The van der Waals surface area contributed by atoms with Crippen molar-refractivity contribution in [3.63, 3.8) is 0 Å². The molecule has 1 saturated heterocycles. The van der Waals surface area contributed by atoms with Gasteiger partial charge in [-0.2, -0.15) is 0 Å². The molecule has 4 rings (SSSR count). The topological polar surface area (TPSA) is 100 Å². The molecule has 3 heterocycles. The number of ether oxygens (including phenoxy) is 1. The van der Waals surface area contributed by atoms with E-state index < -0.39 is 6.09 Å². The van der Waals surface area contributed by atoms with Crippen LogP contribution in [-0.4, -0.2) is 50.4 Å². The summed E-state index contributed by atoms with van der Waals surface area (Å²) in [7, 11) is 0. The van der Waals surface area contributed by atoms with Crippen molar-refractivity contribution in [2.75, 3.05) is 19.8 Å². The number of H-pyrrole nitrogens is 1. The Bertz CT molecular complexity index is 1030. The molecule has 0 saturated carbocycles. The third-order valence-corrected chi connectivity index (χ3v) is 4.75. The maximum atomic E-state index is 11.9. The number of nitrogens with one attached hydrogen (secondary N) is 1. The summed E-state index contributed by atoms with van der Waals surface area (Å²) in [6.45, 7) is 1.05. The molecular formula is C17H15ClN4O4. The first kappa shape index (κ1) is 16.6. The van der Waals surface area contributed by atoms with Crippen molar-refractivity contribution in [1.82, 2.24) is 19.4 Å². The Balaban J connectivity index is 1.73. The van der Waals surface area contributed by atoms with Gasteiger partial charge in [0.05, 0.1) is 31.0 Å². The lowest BCUT2D eigenvalue weighted by Crippen LogP contribution is -2.42.